The molecule has 1 aromatic heterocycles. The Morgan fingerprint density at radius 1 is 1.20 bits per heavy atom. The van der Waals surface area contributed by atoms with Crippen molar-refractivity contribution >= 4 is 5.82 Å². The minimum absolute atomic E-state index is 0.0810. The zero-order valence-electron chi connectivity index (χ0n) is 13.4. The highest BCUT2D eigenvalue weighted by molar-refractivity contribution is 5.51. The van der Waals surface area contributed by atoms with E-state index in [-0.39, 0.29) is 6.61 Å². The van der Waals surface area contributed by atoms with Gasteiger partial charge < -0.3 is 10.0 Å². The highest BCUT2D eigenvalue weighted by Gasteiger charge is 2.32. The third kappa shape index (κ3) is 2.83. The van der Waals surface area contributed by atoms with Gasteiger partial charge in [0, 0.05) is 24.3 Å². The van der Waals surface area contributed by atoms with Gasteiger partial charge in [0.25, 0.3) is 0 Å². The van der Waals surface area contributed by atoms with Gasteiger partial charge in [-0.2, -0.15) is 0 Å². The van der Waals surface area contributed by atoms with E-state index in [1.807, 2.05) is 6.92 Å². The maximum Gasteiger partial charge on any atom is 0.134 e. The van der Waals surface area contributed by atoms with Crippen molar-refractivity contribution in [3.63, 3.8) is 0 Å². The first-order valence-corrected chi connectivity index (χ1v) is 7.88. The van der Waals surface area contributed by atoms with Crippen molar-refractivity contribution in [3.05, 3.63) is 22.9 Å². The number of hydrogen-bond donors (Lipinski definition) is 1. The van der Waals surface area contributed by atoms with Crippen LogP contribution in [-0.4, -0.2) is 23.2 Å². The standard InChI is InChI=1S/C17H28N2O/c1-5-17(6-2)7-9-19(10-8-17)16-15(12-20)13(3)11-14(4)18-16/h11,20H,5-10,12H2,1-4H3. The van der Waals surface area contributed by atoms with E-state index in [1.165, 1.54) is 25.7 Å². The molecular weight excluding hydrogens is 248 g/mol. The van der Waals surface area contributed by atoms with Crippen molar-refractivity contribution in [1.29, 1.82) is 0 Å². The largest absolute Gasteiger partial charge is 0.392 e. The molecule has 1 fully saturated rings. The van der Waals surface area contributed by atoms with Gasteiger partial charge in [-0.15, -0.1) is 0 Å². The summed E-state index contributed by atoms with van der Waals surface area (Å²) in [6.45, 7) is 10.9. The predicted octanol–water partition coefficient (Wildman–Crippen LogP) is 3.60. The Morgan fingerprint density at radius 2 is 1.80 bits per heavy atom. The topological polar surface area (TPSA) is 36.4 Å². The third-order valence-electron chi connectivity index (χ3n) is 5.24. The minimum Gasteiger partial charge on any atom is -0.392 e. The van der Waals surface area contributed by atoms with Crippen LogP contribution < -0.4 is 4.90 Å². The maximum absolute atomic E-state index is 9.65. The summed E-state index contributed by atoms with van der Waals surface area (Å²) in [6.07, 6.45) is 5.01. The van der Waals surface area contributed by atoms with E-state index in [0.29, 0.717) is 5.41 Å². The molecule has 0 radical (unpaired) electrons. The van der Waals surface area contributed by atoms with Crippen LogP contribution in [0.2, 0.25) is 0 Å². The lowest BCUT2D eigenvalue weighted by Gasteiger charge is -2.42. The second kappa shape index (κ2) is 6.13. The number of hydrogen-bond acceptors (Lipinski definition) is 3. The van der Waals surface area contributed by atoms with Crippen LogP contribution in [0.3, 0.4) is 0 Å². The number of piperidine rings is 1. The molecule has 2 rings (SSSR count). The van der Waals surface area contributed by atoms with Crippen LogP contribution in [0.5, 0.6) is 0 Å². The maximum atomic E-state index is 9.65. The summed E-state index contributed by atoms with van der Waals surface area (Å²) >= 11 is 0. The Bertz CT molecular complexity index is 456. The molecule has 0 spiro atoms. The fraction of sp³-hybridized carbons (Fsp3) is 0.706. The Kier molecular flexibility index (Phi) is 4.69. The van der Waals surface area contributed by atoms with Gasteiger partial charge in [0.15, 0.2) is 0 Å². The van der Waals surface area contributed by atoms with Gasteiger partial charge in [-0.25, -0.2) is 4.98 Å². The van der Waals surface area contributed by atoms with E-state index in [9.17, 15) is 5.11 Å². The quantitative estimate of drug-likeness (QED) is 0.913. The molecule has 1 aliphatic heterocycles. The predicted molar refractivity (Wildman–Crippen MR) is 84.1 cm³/mol. The van der Waals surface area contributed by atoms with Crippen molar-refractivity contribution in [3.8, 4) is 0 Å². The van der Waals surface area contributed by atoms with Gasteiger partial charge in [-0.1, -0.05) is 26.7 Å². The summed E-state index contributed by atoms with van der Waals surface area (Å²) in [5.74, 6) is 1.01. The zero-order chi connectivity index (χ0) is 14.8. The van der Waals surface area contributed by atoms with Crippen LogP contribution in [0.1, 0.15) is 56.4 Å². The minimum atomic E-state index is 0.0810. The van der Waals surface area contributed by atoms with E-state index in [0.717, 1.165) is 35.7 Å². The van der Waals surface area contributed by atoms with Crippen LogP contribution in [0, 0.1) is 19.3 Å². The number of nitrogens with zero attached hydrogens (tertiary/aromatic N) is 2. The van der Waals surface area contributed by atoms with Crippen molar-refractivity contribution in [2.75, 3.05) is 18.0 Å². The van der Waals surface area contributed by atoms with Crippen LogP contribution in [0.15, 0.2) is 6.07 Å². The number of rotatable bonds is 4. The fourth-order valence-electron chi connectivity index (χ4n) is 3.45. The smallest absolute Gasteiger partial charge is 0.134 e. The highest BCUT2D eigenvalue weighted by atomic mass is 16.3. The Hall–Kier alpha value is -1.09. The van der Waals surface area contributed by atoms with Crippen molar-refractivity contribution in [1.82, 2.24) is 4.98 Å². The zero-order valence-corrected chi connectivity index (χ0v) is 13.4. The first-order valence-electron chi connectivity index (χ1n) is 7.88. The lowest BCUT2D eigenvalue weighted by molar-refractivity contribution is 0.198. The molecule has 0 saturated carbocycles. The van der Waals surface area contributed by atoms with Crippen LogP contribution >= 0.6 is 0 Å². The number of aliphatic hydroxyl groups is 1. The normalized spacial score (nSPS) is 18.4. The molecule has 1 aliphatic rings. The molecule has 0 unspecified atom stereocenters. The second-order valence-corrected chi connectivity index (χ2v) is 6.23. The van der Waals surface area contributed by atoms with Crippen LogP contribution in [0.25, 0.3) is 0 Å². The fourth-order valence-corrected chi connectivity index (χ4v) is 3.45. The molecule has 3 heteroatoms. The van der Waals surface area contributed by atoms with Gasteiger partial charge in [0.1, 0.15) is 5.82 Å². The summed E-state index contributed by atoms with van der Waals surface area (Å²) in [7, 11) is 0. The first kappa shape index (κ1) is 15.3. The first-order chi connectivity index (χ1) is 9.55. The van der Waals surface area contributed by atoms with Gasteiger partial charge in [0.2, 0.25) is 0 Å². The Labute approximate surface area is 123 Å². The summed E-state index contributed by atoms with van der Waals surface area (Å²) in [4.78, 5) is 7.06. The number of aromatic nitrogens is 1. The summed E-state index contributed by atoms with van der Waals surface area (Å²) < 4.78 is 0. The molecule has 3 nitrogen and oxygen atoms in total. The van der Waals surface area contributed by atoms with Crippen molar-refractivity contribution < 1.29 is 5.11 Å². The third-order valence-corrected chi connectivity index (χ3v) is 5.24. The molecule has 0 aromatic carbocycles. The molecule has 0 amide bonds. The van der Waals surface area contributed by atoms with E-state index < -0.39 is 0 Å². The SMILES string of the molecule is CCC1(CC)CCN(c2nc(C)cc(C)c2CO)CC1. The van der Waals surface area contributed by atoms with Gasteiger partial charge >= 0.3 is 0 Å². The Balaban J connectivity index is 2.22. The number of anilines is 1. The molecular formula is C17H28N2O. The number of aliphatic hydroxyl groups excluding tert-OH is 1. The van der Waals surface area contributed by atoms with E-state index >= 15 is 0 Å². The van der Waals surface area contributed by atoms with E-state index in [2.05, 4.69) is 31.7 Å². The summed E-state index contributed by atoms with van der Waals surface area (Å²) in [6, 6.07) is 2.06. The highest BCUT2D eigenvalue weighted by Crippen LogP contribution is 2.39. The molecule has 1 aromatic rings. The van der Waals surface area contributed by atoms with Crippen molar-refractivity contribution in [2.45, 2.75) is 60.0 Å². The van der Waals surface area contributed by atoms with E-state index in [4.69, 9.17) is 4.98 Å². The summed E-state index contributed by atoms with van der Waals surface area (Å²) in [5, 5.41) is 9.65. The number of aryl methyl sites for hydroxylation is 2. The average Bonchev–Trinajstić information content (AvgIpc) is 2.46. The molecule has 112 valence electrons. The van der Waals surface area contributed by atoms with E-state index in [1.54, 1.807) is 0 Å². The molecule has 2 heterocycles. The lowest BCUT2D eigenvalue weighted by Crippen LogP contribution is -2.40. The lowest BCUT2D eigenvalue weighted by atomic mass is 9.74. The number of pyridine rings is 1. The second-order valence-electron chi connectivity index (χ2n) is 6.23. The molecule has 0 bridgehead atoms. The molecule has 0 atom stereocenters. The average molecular weight is 276 g/mol. The molecule has 20 heavy (non-hydrogen) atoms. The van der Waals surface area contributed by atoms with Crippen LogP contribution in [0.4, 0.5) is 5.82 Å². The van der Waals surface area contributed by atoms with Gasteiger partial charge in [0.05, 0.1) is 6.61 Å². The monoisotopic (exact) mass is 276 g/mol. The molecule has 1 saturated heterocycles. The van der Waals surface area contributed by atoms with Crippen LogP contribution in [-0.2, 0) is 6.61 Å². The molecule has 1 N–H and O–H groups in total. The summed E-state index contributed by atoms with van der Waals surface area (Å²) in [5.41, 5.74) is 3.71. The van der Waals surface area contributed by atoms with Crippen molar-refractivity contribution in [2.24, 2.45) is 5.41 Å². The van der Waals surface area contributed by atoms with Gasteiger partial charge in [-0.05, 0) is 43.7 Å². The molecule has 0 aliphatic carbocycles. The van der Waals surface area contributed by atoms with Gasteiger partial charge in [-0.3, -0.25) is 0 Å². The Morgan fingerprint density at radius 3 is 2.30 bits per heavy atom.